The third kappa shape index (κ3) is 4.48. The molecule has 0 amide bonds. The first-order valence-corrected chi connectivity index (χ1v) is 14.3. The minimum Gasteiger partial charge on any atom is -0.744 e. The van der Waals surface area contributed by atoms with Crippen LogP contribution in [0.15, 0.2) is 96.0 Å². The lowest BCUT2D eigenvalue weighted by Gasteiger charge is -2.17. The van der Waals surface area contributed by atoms with Crippen molar-refractivity contribution in [3.63, 3.8) is 0 Å². The van der Waals surface area contributed by atoms with Gasteiger partial charge in [-0.2, -0.15) is 8.80 Å². The number of anilines is 1. The summed E-state index contributed by atoms with van der Waals surface area (Å²) in [6.45, 7) is 6.33. The highest BCUT2D eigenvalue weighted by atomic mass is 32.2. The van der Waals surface area contributed by atoms with Crippen molar-refractivity contribution in [1.82, 2.24) is 4.40 Å². The molecule has 4 heterocycles. The Morgan fingerprint density at radius 3 is 2.21 bits per heavy atom. The Balaban J connectivity index is 0.000000204. The van der Waals surface area contributed by atoms with Crippen LogP contribution in [-0.4, -0.2) is 30.5 Å². The van der Waals surface area contributed by atoms with Crippen molar-refractivity contribution in [2.45, 2.75) is 31.6 Å². The minimum absolute atomic E-state index is 0.178. The van der Waals surface area contributed by atoms with Crippen LogP contribution in [-0.2, 0) is 10.1 Å². The Hall–Kier alpha value is -3.94. The number of aryl methyl sites for hydroxylation is 2. The molecular weight excluding hydrogens is 494 g/mol. The minimum atomic E-state index is -4.27. The van der Waals surface area contributed by atoms with Gasteiger partial charge >= 0.3 is 0 Å². The van der Waals surface area contributed by atoms with Gasteiger partial charge in [0.1, 0.15) is 27.3 Å². The summed E-state index contributed by atoms with van der Waals surface area (Å²) in [7, 11) is -4.27. The maximum Gasteiger partial charge on any atom is 0.292 e. The maximum absolute atomic E-state index is 10.4. The highest BCUT2D eigenvalue weighted by molar-refractivity contribution is 7.85. The Kier molecular flexibility index (Phi) is 6.05. The molecule has 0 N–H and O–H groups in total. The van der Waals surface area contributed by atoms with E-state index in [-0.39, 0.29) is 4.90 Å². The first kappa shape index (κ1) is 24.4. The van der Waals surface area contributed by atoms with Crippen LogP contribution >= 0.6 is 0 Å². The van der Waals surface area contributed by atoms with E-state index in [0.29, 0.717) is 0 Å². The summed E-state index contributed by atoms with van der Waals surface area (Å²) in [6, 6.07) is 28.4. The molecule has 0 radical (unpaired) electrons. The number of nitrogens with zero attached hydrogens (tertiary/aromatic N) is 3. The molecule has 0 spiro atoms. The van der Waals surface area contributed by atoms with E-state index in [0.717, 1.165) is 5.56 Å². The van der Waals surface area contributed by atoms with Crippen molar-refractivity contribution in [3.8, 4) is 0 Å². The van der Waals surface area contributed by atoms with E-state index in [2.05, 4.69) is 87.5 Å². The third-order valence-electron chi connectivity index (χ3n) is 7.32. The number of hydrogen-bond donors (Lipinski definition) is 0. The van der Waals surface area contributed by atoms with Crippen LogP contribution in [0.4, 0.5) is 5.69 Å². The molecule has 7 rings (SSSR count). The highest BCUT2D eigenvalue weighted by Gasteiger charge is 2.18. The van der Waals surface area contributed by atoms with Gasteiger partial charge in [-0.1, -0.05) is 29.3 Å². The summed E-state index contributed by atoms with van der Waals surface area (Å²) in [5.41, 5.74) is 8.53. The Morgan fingerprint density at radius 2 is 1.47 bits per heavy atom. The zero-order chi connectivity index (χ0) is 26.4. The second-order valence-corrected chi connectivity index (χ2v) is 11.4. The van der Waals surface area contributed by atoms with Crippen molar-refractivity contribution in [2.24, 2.45) is 0 Å². The summed E-state index contributed by atoms with van der Waals surface area (Å²) in [5, 5.41) is 2.58. The van der Waals surface area contributed by atoms with Gasteiger partial charge in [-0.05, 0) is 87.4 Å². The summed E-state index contributed by atoms with van der Waals surface area (Å²) in [5.74, 6) is 0. The van der Waals surface area contributed by atoms with Crippen LogP contribution in [0.1, 0.15) is 24.0 Å². The van der Waals surface area contributed by atoms with E-state index in [1.807, 2.05) is 6.92 Å². The molecule has 6 aromatic rings. The molecule has 0 bridgehead atoms. The molecule has 3 aromatic carbocycles. The molecule has 7 heteroatoms. The van der Waals surface area contributed by atoms with E-state index in [1.165, 1.54) is 82.3 Å². The predicted octanol–water partition coefficient (Wildman–Crippen LogP) is 5.79. The van der Waals surface area contributed by atoms with Crippen molar-refractivity contribution in [1.29, 1.82) is 0 Å². The number of imidazole rings is 1. The fraction of sp³-hybridized carbons (Fsp3) is 0.194. The van der Waals surface area contributed by atoms with Gasteiger partial charge in [0.2, 0.25) is 0 Å². The van der Waals surface area contributed by atoms with Crippen LogP contribution in [0.25, 0.3) is 33.0 Å². The fourth-order valence-electron chi connectivity index (χ4n) is 5.35. The molecular formula is C31H29N3O3S. The molecule has 1 aliphatic rings. The van der Waals surface area contributed by atoms with E-state index in [1.54, 1.807) is 12.1 Å². The molecule has 1 aliphatic heterocycles. The van der Waals surface area contributed by atoms with Crippen LogP contribution in [0.5, 0.6) is 0 Å². The molecule has 0 saturated carbocycles. The SMILES string of the molecule is Cc1ccc(S(=O)(=O)[O-])cc1.Cc1ccc2c(ccc3n4c(ccc5cc(N6CCCC6)ccc54)c[n+]23)c1. The smallest absolute Gasteiger partial charge is 0.292 e. The second-order valence-electron chi connectivity index (χ2n) is 10.1. The zero-order valence-corrected chi connectivity index (χ0v) is 22.3. The monoisotopic (exact) mass is 523 g/mol. The number of pyridine rings is 2. The summed E-state index contributed by atoms with van der Waals surface area (Å²) in [6.07, 6.45) is 4.87. The number of hydrogen-bond acceptors (Lipinski definition) is 4. The first-order chi connectivity index (χ1) is 18.3. The van der Waals surface area contributed by atoms with E-state index < -0.39 is 10.1 Å². The van der Waals surface area contributed by atoms with Gasteiger partial charge < -0.3 is 9.45 Å². The van der Waals surface area contributed by atoms with E-state index in [9.17, 15) is 13.0 Å². The van der Waals surface area contributed by atoms with Crippen LogP contribution < -0.4 is 9.30 Å². The van der Waals surface area contributed by atoms with Gasteiger partial charge in [-0.25, -0.2) is 8.42 Å². The first-order valence-electron chi connectivity index (χ1n) is 12.8. The molecule has 1 saturated heterocycles. The molecule has 3 aromatic heterocycles. The Bertz CT molecular complexity index is 1920. The lowest BCUT2D eigenvalue weighted by Crippen LogP contribution is -2.19. The molecule has 6 nitrogen and oxygen atoms in total. The largest absolute Gasteiger partial charge is 0.744 e. The quantitative estimate of drug-likeness (QED) is 0.213. The lowest BCUT2D eigenvalue weighted by molar-refractivity contribution is -0.479. The van der Waals surface area contributed by atoms with Crippen molar-refractivity contribution in [2.75, 3.05) is 18.0 Å². The zero-order valence-electron chi connectivity index (χ0n) is 21.5. The van der Waals surface area contributed by atoms with Crippen LogP contribution in [0.3, 0.4) is 0 Å². The summed E-state index contributed by atoms with van der Waals surface area (Å²) >= 11 is 0. The Labute approximate surface area is 222 Å². The molecule has 0 aliphatic carbocycles. The maximum atomic E-state index is 10.4. The molecule has 0 atom stereocenters. The van der Waals surface area contributed by atoms with Crippen molar-refractivity contribution < 1.29 is 17.4 Å². The van der Waals surface area contributed by atoms with Gasteiger partial charge in [0.15, 0.2) is 5.52 Å². The Morgan fingerprint density at radius 1 is 0.763 bits per heavy atom. The van der Waals surface area contributed by atoms with Crippen molar-refractivity contribution in [3.05, 3.63) is 102 Å². The normalized spacial score (nSPS) is 13.9. The van der Waals surface area contributed by atoms with E-state index >= 15 is 0 Å². The van der Waals surface area contributed by atoms with Crippen molar-refractivity contribution >= 4 is 48.8 Å². The summed E-state index contributed by atoms with van der Waals surface area (Å²) in [4.78, 5) is 2.32. The topological polar surface area (TPSA) is 68.9 Å². The lowest BCUT2D eigenvalue weighted by atomic mass is 10.1. The van der Waals surface area contributed by atoms with Gasteiger partial charge in [0.05, 0.1) is 4.90 Å². The van der Waals surface area contributed by atoms with Crippen LogP contribution in [0, 0.1) is 13.8 Å². The van der Waals surface area contributed by atoms with E-state index in [4.69, 9.17) is 0 Å². The van der Waals surface area contributed by atoms with Gasteiger partial charge in [0, 0.05) is 35.6 Å². The predicted molar refractivity (Wildman–Crippen MR) is 151 cm³/mol. The van der Waals surface area contributed by atoms with Gasteiger partial charge in [-0.15, -0.1) is 0 Å². The average molecular weight is 524 g/mol. The van der Waals surface area contributed by atoms with Gasteiger partial charge in [0.25, 0.3) is 5.65 Å². The van der Waals surface area contributed by atoms with Crippen LogP contribution in [0.2, 0.25) is 0 Å². The number of rotatable bonds is 2. The standard InChI is InChI=1S/C24H22N3.C7H8O3S/c1-17-4-9-22-18(14-17)6-11-24-26(22)16-21-7-5-19-15-20(25-12-2-3-13-25)8-10-23(19)27(21)24;1-6-2-4-7(5-3-6)11(8,9)10/h4-11,14-16H,2-3,12-13H2,1H3;2-5H,1H3,(H,8,9,10)/q+1;/p-1. The second kappa shape index (κ2) is 9.42. The molecule has 1 fully saturated rings. The highest BCUT2D eigenvalue weighted by Crippen LogP contribution is 2.27. The average Bonchev–Trinajstić information content (AvgIpc) is 3.57. The number of aromatic nitrogens is 2. The third-order valence-corrected chi connectivity index (χ3v) is 8.17. The van der Waals surface area contributed by atoms with Gasteiger partial charge in [-0.3, -0.25) is 0 Å². The summed E-state index contributed by atoms with van der Waals surface area (Å²) < 4.78 is 35.9. The molecule has 192 valence electrons. The number of benzene rings is 3. The molecule has 38 heavy (non-hydrogen) atoms. The number of fused-ring (bicyclic) bond motifs is 7. The molecule has 0 unspecified atom stereocenters. The fourth-order valence-corrected chi connectivity index (χ4v) is 5.82.